The Hall–Kier alpha value is -2.89. The Morgan fingerprint density at radius 2 is 1.77 bits per heavy atom. The highest BCUT2D eigenvalue weighted by Crippen LogP contribution is 2.22. The Balaban J connectivity index is 1.33. The van der Waals surface area contributed by atoms with Gasteiger partial charge in [-0.05, 0) is 40.5 Å². The largest absolute Gasteiger partial charge is 0.481 e. The van der Waals surface area contributed by atoms with E-state index in [1.165, 1.54) is 5.56 Å². The van der Waals surface area contributed by atoms with Crippen molar-refractivity contribution < 1.29 is 14.3 Å². The van der Waals surface area contributed by atoms with E-state index < -0.39 is 6.10 Å². The van der Waals surface area contributed by atoms with E-state index >= 15 is 0 Å². The summed E-state index contributed by atoms with van der Waals surface area (Å²) in [5.74, 6) is 0.627. The minimum Gasteiger partial charge on any atom is -0.481 e. The van der Waals surface area contributed by atoms with Gasteiger partial charge in [0.25, 0.3) is 5.91 Å². The predicted molar refractivity (Wildman–Crippen MR) is 123 cm³/mol. The molecule has 5 heteroatoms. The van der Waals surface area contributed by atoms with Gasteiger partial charge < -0.3 is 14.8 Å². The van der Waals surface area contributed by atoms with E-state index in [0.717, 1.165) is 49.2 Å². The Kier molecular flexibility index (Phi) is 7.18. The Morgan fingerprint density at radius 3 is 2.58 bits per heavy atom. The summed E-state index contributed by atoms with van der Waals surface area (Å²) in [7, 11) is 0. The van der Waals surface area contributed by atoms with E-state index in [1.807, 2.05) is 49.4 Å². The predicted octanol–water partition coefficient (Wildman–Crippen LogP) is 4.15. The Morgan fingerprint density at radius 1 is 1.00 bits per heavy atom. The molecule has 4 rings (SSSR count). The lowest BCUT2D eigenvalue weighted by atomic mass is 10.1. The number of amides is 1. The lowest BCUT2D eigenvalue weighted by molar-refractivity contribution is -0.128. The van der Waals surface area contributed by atoms with Gasteiger partial charge in [-0.1, -0.05) is 61.5 Å². The van der Waals surface area contributed by atoms with Crippen molar-refractivity contribution in [3.8, 4) is 5.75 Å². The zero-order valence-electron chi connectivity index (χ0n) is 18.0. The zero-order valence-corrected chi connectivity index (χ0v) is 18.0. The van der Waals surface area contributed by atoms with E-state index in [-0.39, 0.29) is 5.91 Å². The van der Waals surface area contributed by atoms with Crippen LogP contribution in [0.3, 0.4) is 0 Å². The Bertz CT molecular complexity index is 1010. The fraction of sp³-hybridized carbons (Fsp3) is 0.346. The maximum atomic E-state index is 12.8. The first-order chi connectivity index (χ1) is 15.2. The highest BCUT2D eigenvalue weighted by molar-refractivity contribution is 5.84. The van der Waals surface area contributed by atoms with E-state index in [2.05, 4.69) is 34.5 Å². The highest BCUT2D eigenvalue weighted by atomic mass is 16.5. The van der Waals surface area contributed by atoms with Crippen LogP contribution in [0.15, 0.2) is 66.7 Å². The molecule has 1 heterocycles. The summed E-state index contributed by atoms with van der Waals surface area (Å²) in [6.45, 7) is 6.89. The number of morpholine rings is 1. The fourth-order valence-corrected chi connectivity index (χ4v) is 3.89. The summed E-state index contributed by atoms with van der Waals surface area (Å²) in [5.41, 5.74) is 2.35. The van der Waals surface area contributed by atoms with Crippen LogP contribution in [0, 0.1) is 0 Å². The van der Waals surface area contributed by atoms with Gasteiger partial charge in [0.1, 0.15) is 5.75 Å². The number of ether oxygens (including phenoxy) is 2. The molecule has 1 aliphatic heterocycles. The van der Waals surface area contributed by atoms with Gasteiger partial charge in [0, 0.05) is 26.2 Å². The summed E-state index contributed by atoms with van der Waals surface area (Å²) >= 11 is 0. The number of hydrogen-bond donors (Lipinski definition) is 1. The van der Waals surface area contributed by atoms with Crippen LogP contribution in [-0.2, 0) is 22.6 Å². The van der Waals surface area contributed by atoms with Crippen LogP contribution in [0.2, 0.25) is 0 Å². The van der Waals surface area contributed by atoms with Gasteiger partial charge in [0.15, 0.2) is 6.10 Å². The molecular formula is C26H30N2O3. The standard InChI is InChI=1S/C26H30N2O3/c1-2-25(31-24-11-10-22-8-3-4-9-23(22)17-24)26(29)27-18-20-6-5-7-21(16-20)19-28-12-14-30-15-13-28/h3-11,16-17,25H,2,12-15,18-19H2,1H3,(H,27,29)/t25-/m0/s1. The first-order valence-corrected chi connectivity index (χ1v) is 11.0. The number of carbonyl (C=O) groups excluding carboxylic acids is 1. The second-order valence-electron chi connectivity index (χ2n) is 7.95. The van der Waals surface area contributed by atoms with E-state index in [1.54, 1.807) is 0 Å². The van der Waals surface area contributed by atoms with Gasteiger partial charge in [-0.3, -0.25) is 9.69 Å². The van der Waals surface area contributed by atoms with Crippen LogP contribution >= 0.6 is 0 Å². The third-order valence-corrected chi connectivity index (χ3v) is 5.63. The molecular weight excluding hydrogens is 388 g/mol. The molecule has 3 aromatic carbocycles. The molecule has 0 unspecified atom stereocenters. The van der Waals surface area contributed by atoms with Crippen LogP contribution < -0.4 is 10.1 Å². The van der Waals surface area contributed by atoms with Crippen LogP contribution in [0.4, 0.5) is 0 Å². The number of nitrogens with one attached hydrogen (secondary N) is 1. The second-order valence-corrected chi connectivity index (χ2v) is 7.95. The summed E-state index contributed by atoms with van der Waals surface area (Å²) < 4.78 is 11.4. The maximum absolute atomic E-state index is 12.8. The summed E-state index contributed by atoms with van der Waals surface area (Å²) in [4.78, 5) is 15.2. The number of hydrogen-bond acceptors (Lipinski definition) is 4. The molecule has 31 heavy (non-hydrogen) atoms. The molecule has 1 atom stereocenters. The average molecular weight is 419 g/mol. The minimum atomic E-state index is -0.516. The van der Waals surface area contributed by atoms with Gasteiger partial charge in [-0.15, -0.1) is 0 Å². The van der Waals surface area contributed by atoms with Gasteiger partial charge in [-0.25, -0.2) is 0 Å². The third-order valence-electron chi connectivity index (χ3n) is 5.63. The van der Waals surface area contributed by atoms with Crippen molar-refractivity contribution in [2.75, 3.05) is 26.3 Å². The van der Waals surface area contributed by atoms with Crippen LogP contribution in [0.5, 0.6) is 5.75 Å². The number of nitrogens with zero attached hydrogens (tertiary/aromatic N) is 1. The molecule has 5 nitrogen and oxygen atoms in total. The molecule has 0 bridgehead atoms. The highest BCUT2D eigenvalue weighted by Gasteiger charge is 2.18. The minimum absolute atomic E-state index is 0.0887. The molecule has 0 radical (unpaired) electrons. The van der Waals surface area contributed by atoms with Crippen molar-refractivity contribution in [1.82, 2.24) is 10.2 Å². The topological polar surface area (TPSA) is 50.8 Å². The van der Waals surface area contributed by atoms with Crippen molar-refractivity contribution in [3.05, 3.63) is 77.9 Å². The van der Waals surface area contributed by atoms with Gasteiger partial charge >= 0.3 is 0 Å². The molecule has 0 saturated carbocycles. The van der Waals surface area contributed by atoms with Crippen molar-refractivity contribution in [1.29, 1.82) is 0 Å². The van der Waals surface area contributed by atoms with E-state index in [0.29, 0.717) is 18.7 Å². The number of carbonyl (C=O) groups is 1. The van der Waals surface area contributed by atoms with Gasteiger partial charge in [0.2, 0.25) is 0 Å². The molecule has 0 aromatic heterocycles. The number of rotatable bonds is 8. The van der Waals surface area contributed by atoms with Crippen molar-refractivity contribution in [3.63, 3.8) is 0 Å². The quantitative estimate of drug-likeness (QED) is 0.597. The fourth-order valence-electron chi connectivity index (χ4n) is 3.89. The van der Waals surface area contributed by atoms with E-state index in [9.17, 15) is 4.79 Å². The lowest BCUT2D eigenvalue weighted by Gasteiger charge is -2.26. The van der Waals surface area contributed by atoms with Crippen LogP contribution in [0.25, 0.3) is 10.8 Å². The molecule has 1 saturated heterocycles. The molecule has 1 N–H and O–H groups in total. The number of fused-ring (bicyclic) bond motifs is 1. The van der Waals surface area contributed by atoms with Crippen molar-refractivity contribution >= 4 is 16.7 Å². The first-order valence-electron chi connectivity index (χ1n) is 11.0. The second kappa shape index (κ2) is 10.4. The monoisotopic (exact) mass is 418 g/mol. The molecule has 1 amide bonds. The Labute approximate surface area is 184 Å². The van der Waals surface area contributed by atoms with Crippen LogP contribution in [0.1, 0.15) is 24.5 Å². The van der Waals surface area contributed by atoms with Crippen molar-refractivity contribution in [2.24, 2.45) is 0 Å². The molecule has 0 spiro atoms. The first kappa shape index (κ1) is 21.3. The number of benzene rings is 3. The van der Waals surface area contributed by atoms with Crippen LogP contribution in [-0.4, -0.2) is 43.2 Å². The summed E-state index contributed by atoms with van der Waals surface area (Å²) in [6, 6.07) is 22.5. The van der Waals surface area contributed by atoms with Crippen molar-refractivity contribution in [2.45, 2.75) is 32.5 Å². The average Bonchev–Trinajstić information content (AvgIpc) is 2.82. The van der Waals surface area contributed by atoms with E-state index in [4.69, 9.17) is 9.47 Å². The molecule has 1 fully saturated rings. The molecule has 0 aliphatic carbocycles. The molecule has 3 aromatic rings. The lowest BCUT2D eigenvalue weighted by Crippen LogP contribution is -2.37. The van der Waals surface area contributed by atoms with Gasteiger partial charge in [0.05, 0.1) is 13.2 Å². The summed E-state index contributed by atoms with van der Waals surface area (Å²) in [6.07, 6.45) is 0.0909. The maximum Gasteiger partial charge on any atom is 0.261 e. The molecule has 1 aliphatic rings. The third kappa shape index (κ3) is 5.84. The summed E-state index contributed by atoms with van der Waals surface area (Å²) in [5, 5.41) is 5.30. The smallest absolute Gasteiger partial charge is 0.261 e. The molecule has 162 valence electrons. The normalized spacial score (nSPS) is 15.5. The van der Waals surface area contributed by atoms with Gasteiger partial charge in [-0.2, -0.15) is 0 Å². The SMILES string of the molecule is CC[C@H](Oc1ccc2ccccc2c1)C(=O)NCc1cccc(CN2CCOCC2)c1. The zero-order chi connectivity index (χ0) is 21.5.